The summed E-state index contributed by atoms with van der Waals surface area (Å²) < 4.78 is 19.0. The van der Waals surface area contributed by atoms with Gasteiger partial charge in [0.25, 0.3) is 11.8 Å². The molecule has 0 spiro atoms. The Labute approximate surface area is 186 Å². The Bertz CT molecular complexity index is 1190. The van der Waals surface area contributed by atoms with Gasteiger partial charge in [0.1, 0.15) is 18.5 Å². The molecule has 2 amide bonds. The number of benzene rings is 1. The average molecular weight is 462 g/mol. The molecule has 0 bridgehead atoms. The predicted molar refractivity (Wildman–Crippen MR) is 112 cm³/mol. The summed E-state index contributed by atoms with van der Waals surface area (Å²) in [7, 11) is 1.45. The van der Waals surface area contributed by atoms with Crippen molar-refractivity contribution in [3.8, 4) is 17.0 Å². The van der Waals surface area contributed by atoms with E-state index >= 15 is 0 Å². The van der Waals surface area contributed by atoms with E-state index in [1.54, 1.807) is 24.3 Å². The fourth-order valence-corrected chi connectivity index (χ4v) is 3.42. The molecule has 4 rings (SSSR count). The van der Waals surface area contributed by atoms with Crippen molar-refractivity contribution in [2.45, 2.75) is 6.04 Å². The summed E-state index contributed by atoms with van der Waals surface area (Å²) >= 11 is 12.4. The normalized spacial score (nSPS) is 15.7. The van der Waals surface area contributed by atoms with Crippen LogP contribution in [0.15, 0.2) is 42.7 Å². The third-order valence-electron chi connectivity index (χ3n) is 4.53. The van der Waals surface area contributed by atoms with Crippen LogP contribution in [0, 0.1) is 5.82 Å². The van der Waals surface area contributed by atoms with E-state index in [9.17, 15) is 14.0 Å². The van der Waals surface area contributed by atoms with Crippen LogP contribution in [0.2, 0.25) is 10.0 Å². The van der Waals surface area contributed by atoms with E-state index < -0.39 is 23.7 Å². The number of hydrogen-bond acceptors (Lipinski definition) is 6. The van der Waals surface area contributed by atoms with Crippen molar-refractivity contribution in [2.24, 2.45) is 0 Å². The number of rotatable bonds is 3. The van der Waals surface area contributed by atoms with Gasteiger partial charge in [-0.2, -0.15) is 0 Å². The fraction of sp³-hybridized carbons (Fsp3) is 0.150. The van der Waals surface area contributed by atoms with E-state index in [0.717, 1.165) is 12.3 Å². The Morgan fingerprint density at radius 2 is 2.00 bits per heavy atom. The van der Waals surface area contributed by atoms with Crippen LogP contribution < -0.4 is 15.0 Å². The number of fused-ring (bicyclic) bond motifs is 1. The smallest absolute Gasteiger partial charge is 0.289 e. The monoisotopic (exact) mass is 461 g/mol. The van der Waals surface area contributed by atoms with E-state index in [2.05, 4.69) is 20.3 Å². The second kappa shape index (κ2) is 8.44. The molecule has 0 radical (unpaired) electrons. The molecule has 31 heavy (non-hydrogen) atoms. The van der Waals surface area contributed by atoms with E-state index in [-0.39, 0.29) is 34.7 Å². The van der Waals surface area contributed by atoms with Crippen molar-refractivity contribution in [3.05, 3.63) is 64.4 Å². The summed E-state index contributed by atoms with van der Waals surface area (Å²) in [4.78, 5) is 38.8. The van der Waals surface area contributed by atoms with Crippen molar-refractivity contribution < 1.29 is 18.7 Å². The largest absolute Gasteiger partial charge is 0.487 e. The van der Waals surface area contributed by atoms with Gasteiger partial charge in [0.05, 0.1) is 28.1 Å². The second-order valence-electron chi connectivity index (χ2n) is 6.58. The number of likely N-dealkylation sites (N-methyl/N-ethyl adjacent to an activating group) is 1. The third-order valence-corrected chi connectivity index (χ3v) is 5.14. The van der Waals surface area contributed by atoms with Crippen molar-refractivity contribution in [1.82, 2.24) is 20.3 Å². The van der Waals surface area contributed by atoms with Gasteiger partial charge in [-0.25, -0.2) is 19.3 Å². The van der Waals surface area contributed by atoms with Crippen LogP contribution in [0.1, 0.15) is 10.6 Å². The number of hydrogen-bond donors (Lipinski definition) is 1. The molecule has 0 saturated heterocycles. The number of aromatic nitrogens is 3. The average Bonchev–Trinajstić information content (AvgIpc) is 2.86. The minimum absolute atomic E-state index is 0.0938. The maximum atomic E-state index is 13.5. The third kappa shape index (κ3) is 4.14. The van der Waals surface area contributed by atoms with Gasteiger partial charge in [-0.3, -0.25) is 14.5 Å². The first-order valence-corrected chi connectivity index (χ1v) is 9.75. The highest BCUT2D eigenvalue weighted by Crippen LogP contribution is 2.31. The summed E-state index contributed by atoms with van der Waals surface area (Å²) in [6.45, 7) is -0.224. The first kappa shape index (κ1) is 21.0. The molecular weight excluding hydrogens is 448 g/mol. The van der Waals surface area contributed by atoms with Gasteiger partial charge in [-0.15, -0.1) is 0 Å². The maximum absolute atomic E-state index is 13.5. The molecule has 1 N–H and O–H groups in total. The van der Waals surface area contributed by atoms with E-state index in [4.69, 9.17) is 27.9 Å². The molecule has 1 aromatic carbocycles. The predicted octanol–water partition coefficient (Wildman–Crippen LogP) is 3.14. The zero-order valence-corrected chi connectivity index (χ0v) is 17.5. The van der Waals surface area contributed by atoms with Gasteiger partial charge < -0.3 is 10.1 Å². The number of carbonyl (C=O) groups excluding carboxylic acids is 2. The lowest BCUT2D eigenvalue weighted by Gasteiger charge is -2.19. The van der Waals surface area contributed by atoms with E-state index in [0.29, 0.717) is 10.6 Å². The van der Waals surface area contributed by atoms with Gasteiger partial charge in [0.2, 0.25) is 5.82 Å². The standard InChI is InChI=1S/C20H14Cl2FN5O3/c1-28-18-15(6-10(23)7-25-18)31-9-14(20(28)30)26-19(29)17-24-8-13(22)16(27-17)11-4-2-3-5-12(11)21/h2-8,14H,9H2,1H3,(H,26,29)/t14-/m0/s1. The molecule has 1 atom stereocenters. The van der Waals surface area contributed by atoms with E-state index in [1.807, 2.05) is 0 Å². The molecule has 0 aliphatic carbocycles. The molecule has 8 nitrogen and oxygen atoms in total. The summed E-state index contributed by atoms with van der Waals surface area (Å²) in [5, 5.41) is 3.15. The van der Waals surface area contributed by atoms with Gasteiger partial charge in [-0.1, -0.05) is 41.4 Å². The Morgan fingerprint density at radius 1 is 1.23 bits per heavy atom. The molecule has 0 unspecified atom stereocenters. The summed E-state index contributed by atoms with van der Waals surface area (Å²) in [6.07, 6.45) is 2.25. The molecule has 0 fully saturated rings. The number of nitrogens with one attached hydrogen (secondary N) is 1. The Morgan fingerprint density at radius 3 is 2.77 bits per heavy atom. The minimum atomic E-state index is -1.07. The minimum Gasteiger partial charge on any atom is -0.487 e. The van der Waals surface area contributed by atoms with Crippen molar-refractivity contribution >= 4 is 40.8 Å². The fourth-order valence-electron chi connectivity index (χ4n) is 3.00. The topological polar surface area (TPSA) is 97.3 Å². The summed E-state index contributed by atoms with van der Waals surface area (Å²) in [5.74, 6) is -1.79. The number of ether oxygens (including phenoxy) is 1. The molecule has 1 aliphatic heterocycles. The highest BCUT2D eigenvalue weighted by Gasteiger charge is 2.32. The zero-order valence-electron chi connectivity index (χ0n) is 16.0. The lowest BCUT2D eigenvalue weighted by molar-refractivity contribution is -0.120. The molecule has 11 heteroatoms. The molecule has 3 aromatic rings. The van der Waals surface area contributed by atoms with Gasteiger partial charge in [0.15, 0.2) is 11.6 Å². The van der Waals surface area contributed by atoms with Gasteiger partial charge in [0, 0.05) is 18.7 Å². The Balaban J connectivity index is 1.58. The Kier molecular flexibility index (Phi) is 5.71. The Hall–Kier alpha value is -3.30. The molecule has 0 saturated carbocycles. The first-order valence-electron chi connectivity index (χ1n) is 8.99. The zero-order chi connectivity index (χ0) is 22.1. The van der Waals surface area contributed by atoms with Crippen molar-refractivity contribution in [2.75, 3.05) is 18.6 Å². The maximum Gasteiger partial charge on any atom is 0.289 e. The van der Waals surface area contributed by atoms with Crippen LogP contribution >= 0.6 is 23.2 Å². The number of halogens is 3. The van der Waals surface area contributed by atoms with E-state index in [1.165, 1.54) is 18.1 Å². The van der Waals surface area contributed by atoms with Crippen LogP contribution in [0.3, 0.4) is 0 Å². The SMILES string of the molecule is CN1C(=O)[C@@H](NC(=O)c2ncc(Cl)c(-c3ccccc3Cl)n2)COc2cc(F)cnc21. The van der Waals surface area contributed by atoms with Crippen molar-refractivity contribution in [1.29, 1.82) is 0 Å². The molecule has 1 aliphatic rings. The number of nitrogens with zero attached hydrogens (tertiary/aromatic N) is 4. The lowest BCUT2D eigenvalue weighted by atomic mass is 10.1. The molecular formula is C20H14Cl2FN5O3. The van der Waals surface area contributed by atoms with Crippen LogP contribution in [-0.2, 0) is 4.79 Å². The highest BCUT2D eigenvalue weighted by atomic mass is 35.5. The number of anilines is 1. The molecule has 3 heterocycles. The summed E-state index contributed by atoms with van der Waals surface area (Å²) in [5.41, 5.74) is 0.808. The summed E-state index contributed by atoms with van der Waals surface area (Å²) in [6, 6.07) is 6.93. The number of amides is 2. The van der Waals surface area contributed by atoms with Crippen molar-refractivity contribution in [3.63, 3.8) is 0 Å². The highest BCUT2D eigenvalue weighted by molar-refractivity contribution is 6.36. The first-order chi connectivity index (χ1) is 14.8. The molecule has 2 aromatic heterocycles. The van der Waals surface area contributed by atoms with Gasteiger partial charge in [-0.05, 0) is 6.07 Å². The lowest BCUT2D eigenvalue weighted by Crippen LogP contribution is -2.49. The van der Waals surface area contributed by atoms with Crippen LogP contribution in [0.4, 0.5) is 10.2 Å². The number of carbonyl (C=O) groups is 2. The second-order valence-corrected chi connectivity index (χ2v) is 7.39. The van der Waals surface area contributed by atoms with Gasteiger partial charge >= 0.3 is 0 Å². The van der Waals surface area contributed by atoms with Crippen LogP contribution in [-0.4, -0.2) is 46.5 Å². The van der Waals surface area contributed by atoms with Crippen LogP contribution in [0.25, 0.3) is 11.3 Å². The quantitative estimate of drug-likeness (QED) is 0.643. The molecule has 158 valence electrons. The number of pyridine rings is 1. The van der Waals surface area contributed by atoms with Crippen LogP contribution in [0.5, 0.6) is 5.75 Å².